The van der Waals surface area contributed by atoms with Gasteiger partial charge in [0.25, 0.3) is 0 Å². The van der Waals surface area contributed by atoms with Crippen LogP contribution >= 0.6 is 0 Å². The lowest BCUT2D eigenvalue weighted by atomic mass is 10.1. The summed E-state index contributed by atoms with van der Waals surface area (Å²) in [5.74, 6) is 0.935. The summed E-state index contributed by atoms with van der Waals surface area (Å²) in [6.45, 7) is 6.74. The van der Waals surface area contributed by atoms with Crippen LogP contribution in [0.1, 0.15) is 41.0 Å². The summed E-state index contributed by atoms with van der Waals surface area (Å²) in [6.07, 6.45) is 2.66. The molecule has 0 aliphatic rings. The average molecular weight is 102 g/mol. The molecule has 0 bridgehead atoms. The molecule has 0 fully saturated rings. The monoisotopic (exact) mass is 102 g/mol. The molecule has 0 spiro atoms. The summed E-state index contributed by atoms with van der Waals surface area (Å²) in [7, 11) is 0. The largest absolute Gasteiger partial charge is 0.0776 e. The predicted molar refractivity (Wildman–Crippen MR) is 36.5 cm³/mol. The molecular weight excluding hydrogens is 84.1 g/mol. The molecule has 0 N–H and O–H groups in total. The zero-order chi connectivity index (χ0) is 4.99. The molecule has 0 unspecified atom stereocenters. The van der Waals surface area contributed by atoms with Gasteiger partial charge in [-0.15, -0.1) is 0 Å². The maximum Gasteiger partial charge on any atom is -0.0448 e. The van der Waals surface area contributed by atoms with E-state index in [2.05, 4.69) is 20.8 Å². The van der Waals surface area contributed by atoms with Crippen LogP contribution in [0.5, 0.6) is 0 Å². The third kappa shape index (κ3) is 6.00. The Labute approximate surface area is 47.9 Å². The minimum Gasteiger partial charge on any atom is -0.0776 e. The van der Waals surface area contributed by atoms with Gasteiger partial charge >= 0.3 is 0 Å². The van der Waals surface area contributed by atoms with Gasteiger partial charge in [0.2, 0.25) is 0 Å². The van der Waals surface area contributed by atoms with E-state index in [-0.39, 0.29) is 7.43 Å². The van der Waals surface area contributed by atoms with Crippen molar-refractivity contribution in [3.8, 4) is 0 Å². The summed E-state index contributed by atoms with van der Waals surface area (Å²) in [5.41, 5.74) is 0. The lowest BCUT2D eigenvalue weighted by Crippen LogP contribution is -1.85. The van der Waals surface area contributed by atoms with Crippen LogP contribution < -0.4 is 0 Å². The van der Waals surface area contributed by atoms with Crippen LogP contribution in [0.25, 0.3) is 0 Å². The van der Waals surface area contributed by atoms with Gasteiger partial charge in [-0.2, -0.15) is 0 Å². The van der Waals surface area contributed by atoms with E-state index in [9.17, 15) is 0 Å². The van der Waals surface area contributed by atoms with Gasteiger partial charge in [0.05, 0.1) is 0 Å². The first-order valence-corrected chi connectivity index (χ1v) is 2.81. The fraction of sp³-hybridized carbons (Fsp3) is 1.00. The Hall–Kier alpha value is 0. The molecule has 0 aliphatic heterocycles. The first kappa shape index (κ1) is 10.1. The first-order chi connectivity index (χ1) is 2.81. The summed E-state index contributed by atoms with van der Waals surface area (Å²) in [6, 6.07) is 0. The average Bonchev–Trinajstić information content (AvgIpc) is 1.65. The maximum atomic E-state index is 2.28. The quantitative estimate of drug-likeness (QED) is 0.502. The van der Waals surface area contributed by atoms with Crippen molar-refractivity contribution in [2.75, 3.05) is 0 Å². The van der Waals surface area contributed by atoms with Crippen LogP contribution in [0, 0.1) is 5.92 Å². The minimum absolute atomic E-state index is 0. The second-order valence-electron chi connectivity index (χ2n) is 1.92. The molecule has 0 heteroatoms. The van der Waals surface area contributed by atoms with E-state index in [4.69, 9.17) is 0 Å². The Bertz CT molecular complexity index is 19.2. The summed E-state index contributed by atoms with van der Waals surface area (Å²) in [4.78, 5) is 0. The number of hydrogen-bond acceptors (Lipinski definition) is 0. The van der Waals surface area contributed by atoms with E-state index in [0.717, 1.165) is 5.92 Å². The Kier molecular flexibility index (Phi) is 8.64. The molecule has 0 aromatic carbocycles. The molecule has 0 radical (unpaired) electrons. The van der Waals surface area contributed by atoms with Gasteiger partial charge in [-0.1, -0.05) is 41.0 Å². The molecule has 0 atom stereocenters. The SMILES string of the molecule is C.CCC(C)CC. The van der Waals surface area contributed by atoms with Crippen molar-refractivity contribution in [1.29, 1.82) is 0 Å². The molecule has 0 saturated heterocycles. The van der Waals surface area contributed by atoms with Crippen molar-refractivity contribution in [3.05, 3.63) is 0 Å². The lowest BCUT2D eigenvalue weighted by Gasteiger charge is -1.98. The first-order valence-electron chi connectivity index (χ1n) is 2.81. The standard InChI is InChI=1S/C6H14.CH4/c1-4-6(3)5-2;/h6H,4-5H2,1-3H3;1H4. The fourth-order valence-electron chi connectivity index (χ4n) is 0.289. The van der Waals surface area contributed by atoms with Crippen LogP contribution in [0.15, 0.2) is 0 Å². The Balaban J connectivity index is 0. The fourth-order valence-corrected chi connectivity index (χ4v) is 0.289. The summed E-state index contributed by atoms with van der Waals surface area (Å²) < 4.78 is 0. The van der Waals surface area contributed by atoms with Crippen molar-refractivity contribution < 1.29 is 0 Å². The molecule has 0 heterocycles. The third-order valence-corrected chi connectivity index (χ3v) is 1.39. The molecule has 7 heavy (non-hydrogen) atoms. The molecule has 0 rings (SSSR count). The lowest BCUT2D eigenvalue weighted by molar-refractivity contribution is 0.544. The van der Waals surface area contributed by atoms with Crippen LogP contribution in [0.3, 0.4) is 0 Å². The van der Waals surface area contributed by atoms with E-state index >= 15 is 0 Å². The summed E-state index contributed by atoms with van der Waals surface area (Å²) in [5, 5.41) is 0. The molecule has 0 aromatic heterocycles. The topological polar surface area (TPSA) is 0 Å². The van der Waals surface area contributed by atoms with Gasteiger partial charge in [-0.25, -0.2) is 0 Å². The molecule has 0 nitrogen and oxygen atoms in total. The van der Waals surface area contributed by atoms with Crippen LogP contribution in [0.4, 0.5) is 0 Å². The van der Waals surface area contributed by atoms with Crippen molar-refractivity contribution in [3.63, 3.8) is 0 Å². The Morgan fingerprint density at radius 3 is 1.43 bits per heavy atom. The van der Waals surface area contributed by atoms with Crippen molar-refractivity contribution >= 4 is 0 Å². The molecule has 46 valence electrons. The van der Waals surface area contributed by atoms with Crippen molar-refractivity contribution in [2.24, 2.45) is 5.92 Å². The maximum absolute atomic E-state index is 2.28. The molecular formula is C7H18. The normalized spacial score (nSPS) is 8.57. The van der Waals surface area contributed by atoms with Gasteiger partial charge in [-0.3, -0.25) is 0 Å². The molecule has 0 saturated carbocycles. The number of rotatable bonds is 2. The molecule has 0 aromatic rings. The Morgan fingerprint density at radius 1 is 1.14 bits per heavy atom. The summed E-state index contributed by atoms with van der Waals surface area (Å²) >= 11 is 0. The van der Waals surface area contributed by atoms with E-state index < -0.39 is 0 Å². The minimum atomic E-state index is 0. The predicted octanol–water partition coefficient (Wildman–Crippen LogP) is 3.08. The van der Waals surface area contributed by atoms with E-state index in [1.165, 1.54) is 12.8 Å². The molecule has 0 aliphatic carbocycles. The second-order valence-corrected chi connectivity index (χ2v) is 1.92. The van der Waals surface area contributed by atoms with E-state index in [1.54, 1.807) is 0 Å². The van der Waals surface area contributed by atoms with E-state index in [0.29, 0.717) is 0 Å². The smallest absolute Gasteiger partial charge is 0.0448 e. The van der Waals surface area contributed by atoms with Crippen molar-refractivity contribution in [2.45, 2.75) is 41.0 Å². The van der Waals surface area contributed by atoms with Crippen LogP contribution in [-0.4, -0.2) is 0 Å². The third-order valence-electron chi connectivity index (χ3n) is 1.39. The van der Waals surface area contributed by atoms with Gasteiger partial charge in [0, 0.05) is 0 Å². The van der Waals surface area contributed by atoms with Crippen molar-refractivity contribution in [1.82, 2.24) is 0 Å². The highest BCUT2D eigenvalue weighted by Crippen LogP contribution is 2.02. The number of hydrogen-bond donors (Lipinski definition) is 0. The highest BCUT2D eigenvalue weighted by atomic mass is 13.9. The highest BCUT2D eigenvalue weighted by Gasteiger charge is 1.88. The van der Waals surface area contributed by atoms with E-state index in [1.807, 2.05) is 0 Å². The van der Waals surface area contributed by atoms with Gasteiger partial charge in [0.15, 0.2) is 0 Å². The van der Waals surface area contributed by atoms with Gasteiger partial charge < -0.3 is 0 Å². The zero-order valence-corrected chi connectivity index (χ0v) is 4.99. The van der Waals surface area contributed by atoms with Gasteiger partial charge in [0.1, 0.15) is 0 Å². The zero-order valence-electron chi connectivity index (χ0n) is 4.99. The molecule has 0 amide bonds. The van der Waals surface area contributed by atoms with Crippen LogP contribution in [-0.2, 0) is 0 Å². The second kappa shape index (κ2) is 6.00. The van der Waals surface area contributed by atoms with Crippen LogP contribution in [0.2, 0.25) is 0 Å². The Morgan fingerprint density at radius 2 is 1.43 bits per heavy atom. The highest BCUT2D eigenvalue weighted by molar-refractivity contribution is 4.41. The van der Waals surface area contributed by atoms with Gasteiger partial charge in [-0.05, 0) is 5.92 Å².